The van der Waals surface area contributed by atoms with E-state index in [1.54, 1.807) is 0 Å². The average molecular weight is 287 g/mol. The number of halogens is 2. The van der Waals surface area contributed by atoms with Gasteiger partial charge in [0.25, 0.3) is 0 Å². The van der Waals surface area contributed by atoms with E-state index in [2.05, 4.69) is 0 Å². The van der Waals surface area contributed by atoms with E-state index in [1.807, 2.05) is 0 Å². The Kier molecular flexibility index (Phi) is 10.7. The zero-order chi connectivity index (χ0) is 9.00. The van der Waals surface area contributed by atoms with E-state index in [-0.39, 0.29) is 26.2 Å². The van der Waals surface area contributed by atoms with E-state index in [0.717, 1.165) is 0 Å². The zero-order valence-electron chi connectivity index (χ0n) is 4.60. The molecule has 0 atom stereocenters. The van der Waals surface area contributed by atoms with E-state index in [4.69, 9.17) is 28.7 Å². The van der Waals surface area contributed by atoms with Gasteiger partial charge in [-0.3, -0.25) is 0 Å². The molecular weight excluding hydrogens is 287 g/mol. The minimum absolute atomic E-state index is 0. The normalized spacial score (nSPS) is 10.7. The van der Waals surface area contributed by atoms with Crippen LogP contribution < -0.4 is 19.6 Å². The van der Waals surface area contributed by atoms with Gasteiger partial charge < -0.3 is 28.7 Å². The summed E-state index contributed by atoms with van der Waals surface area (Å²) in [5, 5.41) is 0. The van der Waals surface area contributed by atoms with Crippen LogP contribution in [0, 0.1) is 0 Å². The maximum absolute atomic E-state index is 10.1. The summed E-state index contributed by atoms with van der Waals surface area (Å²) in [5.74, 6) is 0. The fourth-order valence-corrected chi connectivity index (χ4v) is 0. The Balaban J connectivity index is -0.000000107. The second kappa shape index (κ2) is 6.55. The summed E-state index contributed by atoms with van der Waals surface area (Å²) in [5.41, 5.74) is 0. The van der Waals surface area contributed by atoms with Crippen molar-refractivity contribution in [3.05, 3.63) is 0 Å². The van der Waals surface area contributed by atoms with Gasteiger partial charge in [-0.15, -0.1) is 0 Å². The second-order valence-electron chi connectivity index (χ2n) is 0.861. The summed E-state index contributed by atoms with van der Waals surface area (Å²) < 4.78 is 37.1. The van der Waals surface area contributed by atoms with E-state index in [0.29, 0.717) is 0 Å². The van der Waals surface area contributed by atoms with Crippen molar-refractivity contribution in [3.8, 4) is 0 Å². The molecule has 0 aromatic heterocycles. The maximum atomic E-state index is 10.1. The van der Waals surface area contributed by atoms with E-state index in [1.165, 1.54) is 0 Å². The molecule has 0 heterocycles. The van der Waals surface area contributed by atoms with Crippen LogP contribution in [0.25, 0.3) is 0 Å². The molecule has 0 aliphatic carbocycles. The van der Waals surface area contributed by atoms with Gasteiger partial charge in [0.2, 0.25) is 0 Å². The monoisotopic (exact) mass is 286 g/mol. The van der Waals surface area contributed by atoms with Gasteiger partial charge in [0.15, 0.2) is 0 Å². The number of hydrogen-bond donors (Lipinski definition) is 0. The molecular formula is F2O6P2Zr. The molecule has 11 heteroatoms. The average Bonchev–Trinajstić information content (AvgIpc) is 1.12. The van der Waals surface area contributed by atoms with Gasteiger partial charge in [0, 0.05) is 0 Å². The van der Waals surface area contributed by atoms with Crippen molar-refractivity contribution in [3.63, 3.8) is 0 Å². The third kappa shape index (κ3) is 830. The Labute approximate surface area is 79.3 Å². The first-order valence-electron chi connectivity index (χ1n) is 1.43. The van der Waals surface area contributed by atoms with Crippen LogP contribution in [0.4, 0.5) is 8.39 Å². The van der Waals surface area contributed by atoms with Crippen LogP contribution in [0.1, 0.15) is 0 Å². The molecule has 64 valence electrons. The zero-order valence-corrected chi connectivity index (χ0v) is 8.85. The third-order valence-electron chi connectivity index (χ3n) is 0. The second-order valence-corrected chi connectivity index (χ2v) is 2.58. The van der Waals surface area contributed by atoms with Crippen molar-refractivity contribution in [2.45, 2.75) is 0 Å². The molecule has 0 aromatic rings. The predicted octanol–water partition coefficient (Wildman–Crippen LogP) is -2.43. The molecule has 6 nitrogen and oxygen atoms in total. The SMILES string of the molecule is O=P([O-])([O-])F.O=P([O-])([O-])F.[Zr+4]. The number of rotatable bonds is 0. The van der Waals surface area contributed by atoms with E-state index in [9.17, 15) is 8.39 Å². The first-order valence-corrected chi connectivity index (χ1v) is 4.30. The molecule has 0 saturated carbocycles. The summed E-state index contributed by atoms with van der Waals surface area (Å²) in [6.45, 7) is 0. The quantitative estimate of drug-likeness (QED) is 0.456. The largest absolute Gasteiger partial charge is 4.00 e. The van der Waals surface area contributed by atoms with Gasteiger partial charge in [-0.25, -0.2) is 8.39 Å². The maximum Gasteiger partial charge on any atom is 4.00 e. The summed E-state index contributed by atoms with van der Waals surface area (Å²) >= 11 is 0. The standard InChI is InChI=1S/2FH2O3P.Zr/c2*1-5(2,3)4;/h2*(H2,2,3,4);/q;;+4/p-4. The van der Waals surface area contributed by atoms with Gasteiger partial charge in [0.05, 0.1) is 0 Å². The van der Waals surface area contributed by atoms with Crippen LogP contribution in [0.15, 0.2) is 0 Å². The molecule has 0 amide bonds. The molecule has 0 fully saturated rings. The van der Waals surface area contributed by atoms with Crippen molar-refractivity contribution < 1.29 is 63.3 Å². The topological polar surface area (TPSA) is 126 Å². The molecule has 0 aliphatic rings. The van der Waals surface area contributed by atoms with Crippen LogP contribution in [0.3, 0.4) is 0 Å². The fourth-order valence-electron chi connectivity index (χ4n) is 0. The van der Waals surface area contributed by atoms with Crippen LogP contribution in [0.5, 0.6) is 0 Å². The summed E-state index contributed by atoms with van der Waals surface area (Å²) in [4.78, 5) is 33.8. The minimum Gasteiger partial charge on any atom is -0.786 e. The molecule has 0 saturated heterocycles. The van der Waals surface area contributed by atoms with Crippen LogP contribution in [-0.2, 0) is 35.3 Å². The molecule has 0 radical (unpaired) electrons. The first kappa shape index (κ1) is 18.0. The van der Waals surface area contributed by atoms with Crippen LogP contribution in [-0.4, -0.2) is 0 Å². The Bertz CT molecular complexity index is 131. The van der Waals surface area contributed by atoms with Gasteiger partial charge in [-0.1, -0.05) is 0 Å². The van der Waals surface area contributed by atoms with Gasteiger partial charge in [-0.2, -0.15) is 0 Å². The Morgan fingerprint density at radius 1 is 0.818 bits per heavy atom. The summed E-state index contributed by atoms with van der Waals surface area (Å²) in [7, 11) is -11.3. The van der Waals surface area contributed by atoms with Crippen molar-refractivity contribution in [1.82, 2.24) is 0 Å². The first-order chi connectivity index (χ1) is 4.00. The van der Waals surface area contributed by atoms with E-state index < -0.39 is 15.8 Å². The fraction of sp³-hybridized carbons (Fsp3) is 0. The minimum atomic E-state index is -5.64. The summed E-state index contributed by atoms with van der Waals surface area (Å²) in [6.07, 6.45) is 0. The number of hydrogen-bond acceptors (Lipinski definition) is 6. The van der Waals surface area contributed by atoms with Gasteiger partial charge in [0.1, 0.15) is 15.8 Å². The van der Waals surface area contributed by atoms with Crippen molar-refractivity contribution in [2.24, 2.45) is 0 Å². The predicted molar refractivity (Wildman–Crippen MR) is 17.4 cm³/mol. The van der Waals surface area contributed by atoms with Crippen LogP contribution >= 0.6 is 15.8 Å². The van der Waals surface area contributed by atoms with Crippen molar-refractivity contribution >= 4 is 15.8 Å². The smallest absolute Gasteiger partial charge is 0.786 e. The van der Waals surface area contributed by atoms with Crippen LogP contribution in [0.2, 0.25) is 0 Å². The molecule has 0 spiro atoms. The Hall–Kier alpha value is 1.04. The van der Waals surface area contributed by atoms with Gasteiger partial charge >= 0.3 is 26.2 Å². The Morgan fingerprint density at radius 3 is 0.818 bits per heavy atom. The molecule has 0 rings (SSSR count). The van der Waals surface area contributed by atoms with Crippen molar-refractivity contribution in [1.29, 1.82) is 0 Å². The Morgan fingerprint density at radius 2 is 0.818 bits per heavy atom. The molecule has 0 bridgehead atoms. The molecule has 0 unspecified atom stereocenters. The molecule has 11 heavy (non-hydrogen) atoms. The van der Waals surface area contributed by atoms with E-state index >= 15 is 0 Å². The molecule has 0 N–H and O–H groups in total. The third-order valence-corrected chi connectivity index (χ3v) is 0. The summed E-state index contributed by atoms with van der Waals surface area (Å²) in [6, 6.07) is 0. The molecule has 0 aliphatic heterocycles. The van der Waals surface area contributed by atoms with Gasteiger partial charge in [-0.05, 0) is 0 Å². The molecule has 0 aromatic carbocycles. The van der Waals surface area contributed by atoms with Crippen molar-refractivity contribution in [2.75, 3.05) is 0 Å².